The summed E-state index contributed by atoms with van der Waals surface area (Å²) in [6.07, 6.45) is 6.90. The number of aromatic hydroxyl groups is 1. The molecule has 2 N–H and O–H groups in total. The van der Waals surface area contributed by atoms with Gasteiger partial charge in [-0.1, -0.05) is 12.2 Å². The van der Waals surface area contributed by atoms with Crippen LogP contribution in [-0.4, -0.2) is 11.0 Å². The molecule has 1 aliphatic carbocycles. The summed E-state index contributed by atoms with van der Waals surface area (Å²) in [6.45, 7) is 1.81. The van der Waals surface area contributed by atoms with Crippen LogP contribution in [0.5, 0.6) is 5.75 Å². The highest BCUT2D eigenvalue weighted by Crippen LogP contribution is 2.23. The second-order valence-corrected chi connectivity index (χ2v) is 4.47. The number of aryl methyl sites for hydroxylation is 1. The number of phenols is 1. The zero-order chi connectivity index (χ0) is 12.3. The summed E-state index contributed by atoms with van der Waals surface area (Å²) < 4.78 is 0. The van der Waals surface area contributed by atoms with Crippen molar-refractivity contribution in [1.29, 1.82) is 0 Å². The number of amides is 1. The van der Waals surface area contributed by atoms with Crippen LogP contribution in [-0.2, 0) is 4.79 Å². The van der Waals surface area contributed by atoms with Gasteiger partial charge in [0.1, 0.15) is 5.75 Å². The Bertz CT molecular complexity index is 452. The van der Waals surface area contributed by atoms with Gasteiger partial charge in [0.05, 0.1) is 0 Å². The summed E-state index contributed by atoms with van der Waals surface area (Å²) in [5.74, 6) is 0.400. The van der Waals surface area contributed by atoms with Crippen LogP contribution in [0.1, 0.15) is 24.8 Å². The van der Waals surface area contributed by atoms with Crippen molar-refractivity contribution < 1.29 is 9.90 Å². The monoisotopic (exact) mass is 231 g/mol. The lowest BCUT2D eigenvalue weighted by molar-refractivity contribution is -0.120. The van der Waals surface area contributed by atoms with Gasteiger partial charge in [-0.25, -0.2) is 0 Å². The Morgan fingerprint density at radius 2 is 2.24 bits per heavy atom. The SMILES string of the molecule is Cc1cc(NC(=O)C2CC=CCC2)ccc1O. The van der Waals surface area contributed by atoms with E-state index < -0.39 is 0 Å². The molecule has 1 aromatic carbocycles. The Balaban J connectivity index is 2.02. The summed E-state index contributed by atoms with van der Waals surface area (Å²) >= 11 is 0. The lowest BCUT2D eigenvalue weighted by atomic mass is 9.93. The van der Waals surface area contributed by atoms with Gasteiger partial charge < -0.3 is 10.4 Å². The van der Waals surface area contributed by atoms with Crippen molar-refractivity contribution in [3.05, 3.63) is 35.9 Å². The van der Waals surface area contributed by atoms with Crippen molar-refractivity contribution >= 4 is 11.6 Å². The van der Waals surface area contributed by atoms with Crippen LogP contribution >= 0.6 is 0 Å². The molecule has 0 bridgehead atoms. The molecule has 3 nitrogen and oxygen atoms in total. The minimum Gasteiger partial charge on any atom is -0.508 e. The van der Waals surface area contributed by atoms with Crippen LogP contribution in [0.2, 0.25) is 0 Å². The van der Waals surface area contributed by atoms with Crippen molar-refractivity contribution in [2.24, 2.45) is 5.92 Å². The van der Waals surface area contributed by atoms with E-state index >= 15 is 0 Å². The van der Waals surface area contributed by atoms with E-state index in [4.69, 9.17) is 0 Å². The Kier molecular flexibility index (Phi) is 3.47. The second kappa shape index (κ2) is 5.04. The standard InChI is InChI=1S/C14H17NO2/c1-10-9-12(7-8-13(10)16)15-14(17)11-5-3-2-4-6-11/h2-3,7-9,11,16H,4-6H2,1H3,(H,15,17). The second-order valence-electron chi connectivity index (χ2n) is 4.47. The van der Waals surface area contributed by atoms with Gasteiger partial charge in [-0.05, 0) is 49.9 Å². The predicted octanol–water partition coefficient (Wildman–Crippen LogP) is 3.00. The molecule has 0 radical (unpaired) electrons. The van der Waals surface area contributed by atoms with E-state index in [1.807, 2.05) is 6.92 Å². The van der Waals surface area contributed by atoms with Crippen LogP contribution in [0.25, 0.3) is 0 Å². The summed E-state index contributed by atoms with van der Waals surface area (Å²) in [4.78, 5) is 12.0. The first-order chi connectivity index (χ1) is 8.16. The number of phenolic OH excluding ortho intramolecular Hbond substituents is 1. The van der Waals surface area contributed by atoms with E-state index in [0.29, 0.717) is 0 Å². The number of benzene rings is 1. The molecule has 0 heterocycles. The molecule has 17 heavy (non-hydrogen) atoms. The fourth-order valence-electron chi connectivity index (χ4n) is 2.01. The number of hydrogen-bond acceptors (Lipinski definition) is 2. The molecule has 1 unspecified atom stereocenters. The number of carbonyl (C=O) groups excluding carboxylic acids is 1. The number of allylic oxidation sites excluding steroid dienone is 2. The topological polar surface area (TPSA) is 49.3 Å². The van der Waals surface area contributed by atoms with Gasteiger partial charge >= 0.3 is 0 Å². The van der Waals surface area contributed by atoms with Gasteiger partial charge in [0.15, 0.2) is 0 Å². The predicted molar refractivity (Wildman–Crippen MR) is 68.0 cm³/mol. The summed E-state index contributed by atoms with van der Waals surface area (Å²) in [5, 5.41) is 12.3. The maximum atomic E-state index is 12.0. The quantitative estimate of drug-likeness (QED) is 0.607. The number of nitrogens with one attached hydrogen (secondary N) is 1. The van der Waals surface area contributed by atoms with Crippen molar-refractivity contribution in [3.8, 4) is 5.75 Å². The number of anilines is 1. The molecule has 3 heteroatoms. The molecule has 1 amide bonds. The number of rotatable bonds is 2. The molecule has 1 aromatic rings. The van der Waals surface area contributed by atoms with E-state index in [9.17, 15) is 9.90 Å². The molecule has 90 valence electrons. The first-order valence-corrected chi connectivity index (χ1v) is 5.92. The molecule has 0 saturated heterocycles. The van der Waals surface area contributed by atoms with Gasteiger partial charge in [0.2, 0.25) is 5.91 Å². The first kappa shape index (κ1) is 11.7. The molecule has 0 spiro atoms. The van der Waals surface area contributed by atoms with Crippen molar-refractivity contribution in [2.75, 3.05) is 5.32 Å². The average molecular weight is 231 g/mol. The minimum absolute atomic E-state index is 0.0689. The lowest BCUT2D eigenvalue weighted by Gasteiger charge is -2.17. The van der Waals surface area contributed by atoms with Crippen LogP contribution in [0.15, 0.2) is 30.4 Å². The molecule has 1 aliphatic rings. The molecular formula is C14H17NO2. The van der Waals surface area contributed by atoms with Crippen LogP contribution in [0.3, 0.4) is 0 Å². The highest BCUT2D eigenvalue weighted by Gasteiger charge is 2.18. The molecule has 0 aliphatic heterocycles. The highest BCUT2D eigenvalue weighted by molar-refractivity contribution is 5.92. The third kappa shape index (κ3) is 2.87. The van der Waals surface area contributed by atoms with Crippen molar-refractivity contribution in [3.63, 3.8) is 0 Å². The van der Waals surface area contributed by atoms with Crippen LogP contribution in [0.4, 0.5) is 5.69 Å². The van der Waals surface area contributed by atoms with Crippen LogP contribution in [0, 0.1) is 12.8 Å². The summed E-state index contributed by atoms with van der Waals surface area (Å²) in [5.41, 5.74) is 1.52. The normalized spacial score (nSPS) is 19.0. The molecule has 0 saturated carbocycles. The Morgan fingerprint density at radius 1 is 1.41 bits per heavy atom. The largest absolute Gasteiger partial charge is 0.508 e. The van der Waals surface area contributed by atoms with E-state index in [1.54, 1.807) is 18.2 Å². The fourth-order valence-corrected chi connectivity index (χ4v) is 2.01. The molecule has 1 atom stereocenters. The number of carbonyl (C=O) groups is 1. The van der Waals surface area contributed by atoms with E-state index in [-0.39, 0.29) is 17.6 Å². The van der Waals surface area contributed by atoms with Gasteiger partial charge in [-0.3, -0.25) is 4.79 Å². The zero-order valence-corrected chi connectivity index (χ0v) is 9.94. The smallest absolute Gasteiger partial charge is 0.227 e. The Labute approximate surface area is 101 Å². The highest BCUT2D eigenvalue weighted by atomic mass is 16.3. The maximum Gasteiger partial charge on any atom is 0.227 e. The van der Waals surface area contributed by atoms with E-state index in [0.717, 1.165) is 30.5 Å². The maximum absolute atomic E-state index is 12.0. The molecule has 0 fully saturated rings. The third-order valence-corrected chi connectivity index (χ3v) is 3.10. The van der Waals surface area contributed by atoms with Gasteiger partial charge in [-0.15, -0.1) is 0 Å². The molecule has 2 rings (SSSR count). The van der Waals surface area contributed by atoms with Crippen molar-refractivity contribution in [2.45, 2.75) is 26.2 Å². The number of hydrogen-bond donors (Lipinski definition) is 2. The Morgan fingerprint density at radius 3 is 2.88 bits per heavy atom. The minimum atomic E-state index is 0.0689. The fraction of sp³-hybridized carbons (Fsp3) is 0.357. The third-order valence-electron chi connectivity index (χ3n) is 3.10. The summed E-state index contributed by atoms with van der Waals surface area (Å²) in [6, 6.07) is 5.11. The zero-order valence-electron chi connectivity index (χ0n) is 9.94. The summed E-state index contributed by atoms with van der Waals surface area (Å²) in [7, 11) is 0. The van der Waals surface area contributed by atoms with E-state index in [1.165, 1.54) is 0 Å². The lowest BCUT2D eigenvalue weighted by Crippen LogP contribution is -2.23. The van der Waals surface area contributed by atoms with Crippen molar-refractivity contribution in [1.82, 2.24) is 0 Å². The van der Waals surface area contributed by atoms with Crippen LogP contribution < -0.4 is 5.32 Å². The van der Waals surface area contributed by atoms with Gasteiger partial charge in [-0.2, -0.15) is 0 Å². The first-order valence-electron chi connectivity index (χ1n) is 5.92. The average Bonchev–Trinajstić information content (AvgIpc) is 2.35. The van der Waals surface area contributed by atoms with Gasteiger partial charge in [0.25, 0.3) is 0 Å². The molecule has 0 aromatic heterocycles. The Hall–Kier alpha value is -1.77. The molecular weight excluding hydrogens is 214 g/mol. The van der Waals surface area contributed by atoms with Gasteiger partial charge in [0, 0.05) is 11.6 Å². The van der Waals surface area contributed by atoms with E-state index in [2.05, 4.69) is 17.5 Å².